The normalized spacial score (nSPS) is 15.9. The van der Waals surface area contributed by atoms with Crippen LogP contribution in [0.15, 0.2) is 52.2 Å². The lowest BCUT2D eigenvalue weighted by molar-refractivity contribution is -0.396. The Hall–Kier alpha value is -3.58. The number of nitro benzene ring substituents is 2. The lowest BCUT2D eigenvalue weighted by Crippen LogP contribution is -2.40. The van der Waals surface area contributed by atoms with Gasteiger partial charge in [0.25, 0.3) is 11.4 Å². The van der Waals surface area contributed by atoms with Crippen molar-refractivity contribution < 1.29 is 18.3 Å². The molecule has 0 bridgehead atoms. The predicted octanol–water partition coefficient (Wildman–Crippen LogP) is 2.17. The first-order valence-electron chi connectivity index (χ1n) is 9.32. The average Bonchev–Trinajstić information content (AvgIpc) is 3.09. The predicted molar refractivity (Wildman–Crippen MR) is 109 cm³/mol. The van der Waals surface area contributed by atoms with E-state index in [0.717, 1.165) is 22.0 Å². The minimum Gasteiger partial charge on any atom is -0.306 e. The van der Waals surface area contributed by atoms with Crippen molar-refractivity contribution in [2.75, 3.05) is 13.1 Å². The molecule has 0 radical (unpaired) electrons. The summed E-state index contributed by atoms with van der Waals surface area (Å²) < 4.78 is 28.8. The van der Waals surface area contributed by atoms with E-state index in [1.54, 1.807) is 28.8 Å². The number of rotatable bonds is 5. The van der Waals surface area contributed by atoms with Crippen LogP contribution >= 0.6 is 0 Å². The summed E-state index contributed by atoms with van der Waals surface area (Å²) in [5.41, 5.74) is -0.287. The number of piperidine rings is 1. The Morgan fingerprint density at radius 1 is 1.00 bits per heavy atom. The molecule has 0 aliphatic carbocycles. The molecule has 1 aliphatic heterocycles. The van der Waals surface area contributed by atoms with Crippen LogP contribution in [0.4, 0.5) is 11.4 Å². The smallest absolute Gasteiger partial charge is 0.306 e. The number of nitrogens with zero attached hydrogens (tertiary/aromatic N) is 4. The number of hydrogen-bond donors (Lipinski definition) is 1. The van der Waals surface area contributed by atoms with Gasteiger partial charge in [0, 0.05) is 25.2 Å². The first-order valence-corrected chi connectivity index (χ1v) is 10.8. The maximum absolute atomic E-state index is 13.0. The number of aromatic amines is 1. The molecule has 3 aromatic rings. The third-order valence-electron chi connectivity index (χ3n) is 5.38. The molecule has 1 saturated heterocycles. The van der Waals surface area contributed by atoms with Crippen LogP contribution in [0.1, 0.15) is 18.9 Å². The van der Waals surface area contributed by atoms with Crippen molar-refractivity contribution in [3.8, 4) is 0 Å². The highest BCUT2D eigenvalue weighted by atomic mass is 32.2. The lowest BCUT2D eigenvalue weighted by Gasteiger charge is -2.31. The van der Waals surface area contributed by atoms with E-state index in [0.29, 0.717) is 24.4 Å². The van der Waals surface area contributed by atoms with Gasteiger partial charge in [0.1, 0.15) is 0 Å². The summed E-state index contributed by atoms with van der Waals surface area (Å²) in [5.74, 6) is 0. The largest absolute Gasteiger partial charge is 0.326 e. The Balaban J connectivity index is 1.61. The van der Waals surface area contributed by atoms with Gasteiger partial charge in [-0.3, -0.25) is 24.8 Å². The van der Waals surface area contributed by atoms with Gasteiger partial charge in [-0.2, -0.15) is 4.31 Å². The second-order valence-electron chi connectivity index (χ2n) is 7.12. The van der Waals surface area contributed by atoms with E-state index in [9.17, 15) is 33.4 Å². The molecular weight excluding hydrogens is 430 g/mol. The summed E-state index contributed by atoms with van der Waals surface area (Å²) in [6.07, 6.45) is 0.670. The van der Waals surface area contributed by atoms with Gasteiger partial charge in [-0.1, -0.05) is 12.1 Å². The van der Waals surface area contributed by atoms with Crippen molar-refractivity contribution in [1.29, 1.82) is 0 Å². The molecule has 13 heteroatoms. The summed E-state index contributed by atoms with van der Waals surface area (Å²) in [6, 6.07) is 9.42. The number of non-ortho nitro benzene ring substituents is 1. The highest BCUT2D eigenvalue weighted by Crippen LogP contribution is 2.33. The second kappa shape index (κ2) is 7.59. The lowest BCUT2D eigenvalue weighted by atomic mass is 10.1. The van der Waals surface area contributed by atoms with E-state index in [-0.39, 0.29) is 24.8 Å². The zero-order valence-corrected chi connectivity index (χ0v) is 16.8. The number of nitro groups is 2. The number of imidazole rings is 1. The summed E-state index contributed by atoms with van der Waals surface area (Å²) >= 11 is 0. The molecule has 1 aliphatic rings. The van der Waals surface area contributed by atoms with Gasteiger partial charge in [-0.15, -0.1) is 0 Å². The van der Waals surface area contributed by atoms with E-state index in [4.69, 9.17) is 0 Å². The monoisotopic (exact) mass is 447 g/mol. The minimum atomic E-state index is -4.25. The SMILES string of the molecule is O=c1[nH]c2ccccc2n1C1CCN(S(=O)(=O)c2ccc([N+](=O)[O-])cc2[N+](=O)[O-])CC1. The number of aromatic nitrogens is 2. The first-order chi connectivity index (χ1) is 14.7. The van der Waals surface area contributed by atoms with Gasteiger partial charge in [-0.25, -0.2) is 13.2 Å². The molecule has 2 heterocycles. The molecule has 0 atom stereocenters. The summed E-state index contributed by atoms with van der Waals surface area (Å²) in [4.78, 5) is 35.1. The Labute approximate surface area is 175 Å². The van der Waals surface area contributed by atoms with Gasteiger partial charge in [0.05, 0.1) is 26.9 Å². The van der Waals surface area contributed by atoms with E-state index >= 15 is 0 Å². The van der Waals surface area contributed by atoms with Crippen LogP contribution in [-0.2, 0) is 10.0 Å². The first kappa shape index (κ1) is 20.7. The van der Waals surface area contributed by atoms with Gasteiger partial charge in [0.2, 0.25) is 10.0 Å². The molecule has 1 aromatic heterocycles. The number of H-pyrrole nitrogens is 1. The van der Waals surface area contributed by atoms with Gasteiger partial charge in [-0.05, 0) is 31.0 Å². The number of nitrogens with one attached hydrogen (secondary N) is 1. The summed E-state index contributed by atoms with van der Waals surface area (Å²) in [6.45, 7) is 0.0974. The van der Waals surface area contributed by atoms with Crippen molar-refractivity contribution in [2.24, 2.45) is 0 Å². The highest BCUT2D eigenvalue weighted by molar-refractivity contribution is 7.89. The standard InChI is InChI=1S/C18H17N5O7S/c24-18-19-14-3-1-2-4-15(14)21(18)12-7-9-20(10-8-12)31(29,30)17-6-5-13(22(25)26)11-16(17)23(27)28/h1-6,11-12H,7-10H2,(H,19,24). The molecule has 162 valence electrons. The zero-order chi connectivity index (χ0) is 22.3. The third kappa shape index (κ3) is 3.57. The fourth-order valence-electron chi connectivity index (χ4n) is 3.90. The van der Waals surface area contributed by atoms with Crippen LogP contribution in [-0.4, -0.2) is 45.2 Å². The molecular formula is C18H17N5O7S. The van der Waals surface area contributed by atoms with Crippen molar-refractivity contribution in [3.63, 3.8) is 0 Å². The number of hydrogen-bond acceptors (Lipinski definition) is 7. The molecule has 1 N–H and O–H groups in total. The molecule has 0 spiro atoms. The average molecular weight is 447 g/mol. The van der Waals surface area contributed by atoms with Crippen LogP contribution in [0.3, 0.4) is 0 Å². The Morgan fingerprint density at radius 3 is 2.32 bits per heavy atom. The number of fused-ring (bicyclic) bond motifs is 1. The highest BCUT2D eigenvalue weighted by Gasteiger charge is 2.36. The van der Waals surface area contributed by atoms with E-state index in [1.807, 2.05) is 0 Å². The minimum absolute atomic E-state index is 0.0487. The van der Waals surface area contributed by atoms with Gasteiger partial charge >= 0.3 is 5.69 Å². The molecule has 0 amide bonds. The molecule has 2 aromatic carbocycles. The summed E-state index contributed by atoms with van der Waals surface area (Å²) in [5, 5.41) is 22.3. The Kier molecular flexibility index (Phi) is 5.07. The quantitative estimate of drug-likeness (QED) is 0.463. The van der Waals surface area contributed by atoms with Crippen LogP contribution in [0.5, 0.6) is 0 Å². The maximum atomic E-state index is 13.0. The van der Waals surface area contributed by atoms with E-state index in [1.165, 1.54) is 0 Å². The molecule has 0 saturated carbocycles. The van der Waals surface area contributed by atoms with Crippen LogP contribution in [0.25, 0.3) is 11.0 Å². The van der Waals surface area contributed by atoms with Crippen molar-refractivity contribution >= 4 is 32.4 Å². The maximum Gasteiger partial charge on any atom is 0.326 e. The molecule has 12 nitrogen and oxygen atoms in total. The molecule has 4 rings (SSSR count). The molecule has 31 heavy (non-hydrogen) atoms. The summed E-state index contributed by atoms with van der Waals surface area (Å²) in [7, 11) is -4.25. The topological polar surface area (TPSA) is 161 Å². The number of sulfonamides is 1. The van der Waals surface area contributed by atoms with Gasteiger partial charge < -0.3 is 4.98 Å². The van der Waals surface area contributed by atoms with Crippen LogP contribution in [0, 0.1) is 20.2 Å². The zero-order valence-electron chi connectivity index (χ0n) is 16.0. The van der Waals surface area contributed by atoms with Gasteiger partial charge in [0.15, 0.2) is 4.90 Å². The van der Waals surface area contributed by atoms with Crippen LogP contribution in [0.2, 0.25) is 0 Å². The Bertz CT molecular complexity index is 1350. The van der Waals surface area contributed by atoms with E-state index in [2.05, 4.69) is 4.98 Å². The van der Waals surface area contributed by atoms with Crippen LogP contribution < -0.4 is 5.69 Å². The fraction of sp³-hybridized carbons (Fsp3) is 0.278. The third-order valence-corrected chi connectivity index (χ3v) is 7.33. The number of para-hydroxylation sites is 2. The fourth-order valence-corrected chi connectivity index (χ4v) is 5.50. The van der Waals surface area contributed by atoms with Crippen molar-refractivity contribution in [3.05, 3.63) is 73.2 Å². The molecule has 0 unspecified atom stereocenters. The van der Waals surface area contributed by atoms with E-state index < -0.39 is 36.1 Å². The molecule has 1 fully saturated rings. The number of benzene rings is 2. The van der Waals surface area contributed by atoms with Crippen molar-refractivity contribution in [2.45, 2.75) is 23.8 Å². The van der Waals surface area contributed by atoms with Crippen molar-refractivity contribution in [1.82, 2.24) is 13.9 Å². The second-order valence-corrected chi connectivity index (χ2v) is 9.03. The Morgan fingerprint density at radius 2 is 1.68 bits per heavy atom.